The van der Waals surface area contributed by atoms with Crippen molar-refractivity contribution in [2.75, 3.05) is 13.2 Å². The van der Waals surface area contributed by atoms with Crippen molar-refractivity contribution in [3.05, 3.63) is 62.6 Å². The molecule has 2 aromatic heterocycles. The van der Waals surface area contributed by atoms with Crippen molar-refractivity contribution in [3.8, 4) is 5.75 Å². The maximum atomic E-state index is 11.9. The molecule has 2 heterocycles. The summed E-state index contributed by atoms with van der Waals surface area (Å²) in [4.78, 5) is 24.7. The van der Waals surface area contributed by atoms with Crippen molar-refractivity contribution >= 4 is 28.2 Å². The van der Waals surface area contributed by atoms with E-state index in [4.69, 9.17) is 9.15 Å². The molecular weight excluding hydrogens is 338 g/mol. The largest absolute Gasteiger partial charge is 0.484 e. The van der Waals surface area contributed by atoms with Crippen LogP contribution in [0.2, 0.25) is 0 Å². The molecule has 3 rings (SSSR count). The summed E-state index contributed by atoms with van der Waals surface area (Å²) in [7, 11) is 0. The first-order valence-corrected chi connectivity index (χ1v) is 9.02. The summed E-state index contributed by atoms with van der Waals surface area (Å²) in [6.45, 7) is 2.49. The number of rotatable bonds is 7. The molecule has 0 radical (unpaired) electrons. The average Bonchev–Trinajstić information content (AvgIpc) is 3.12. The van der Waals surface area contributed by atoms with Crippen molar-refractivity contribution in [2.24, 2.45) is 0 Å². The van der Waals surface area contributed by atoms with Gasteiger partial charge < -0.3 is 14.5 Å². The highest BCUT2D eigenvalue weighted by molar-refractivity contribution is 7.09. The Kier molecular flexibility index (Phi) is 5.50. The predicted molar refractivity (Wildman–Crippen MR) is 98.4 cm³/mol. The normalized spacial score (nSPS) is 10.8. The molecule has 0 aliphatic carbocycles. The van der Waals surface area contributed by atoms with Gasteiger partial charge in [0, 0.05) is 28.9 Å². The number of nitrogens with one attached hydrogen (secondary N) is 1. The van der Waals surface area contributed by atoms with Gasteiger partial charge >= 0.3 is 5.63 Å². The molecule has 0 saturated heterocycles. The lowest BCUT2D eigenvalue weighted by Crippen LogP contribution is -2.30. The molecule has 0 saturated carbocycles. The Morgan fingerprint density at radius 1 is 1.28 bits per heavy atom. The molecule has 25 heavy (non-hydrogen) atoms. The molecule has 0 fully saturated rings. The number of hydrogen-bond donors (Lipinski definition) is 1. The number of carbonyl (C=O) groups excluding carboxylic acids is 1. The lowest BCUT2D eigenvalue weighted by atomic mass is 10.1. The van der Waals surface area contributed by atoms with Crippen LogP contribution >= 0.6 is 11.3 Å². The van der Waals surface area contributed by atoms with Gasteiger partial charge in [0.05, 0.1) is 0 Å². The van der Waals surface area contributed by atoms with Gasteiger partial charge in [-0.2, -0.15) is 0 Å². The van der Waals surface area contributed by atoms with Crippen LogP contribution in [0.5, 0.6) is 5.75 Å². The van der Waals surface area contributed by atoms with Crippen LogP contribution in [0.3, 0.4) is 0 Å². The Bertz CT molecular complexity index is 915. The average molecular weight is 357 g/mol. The zero-order valence-corrected chi connectivity index (χ0v) is 14.7. The van der Waals surface area contributed by atoms with Crippen LogP contribution in [0.25, 0.3) is 11.0 Å². The maximum Gasteiger partial charge on any atom is 0.336 e. The first-order chi connectivity index (χ1) is 12.2. The van der Waals surface area contributed by atoms with Crippen molar-refractivity contribution in [2.45, 2.75) is 19.8 Å². The molecule has 130 valence electrons. The minimum Gasteiger partial charge on any atom is -0.484 e. The topological polar surface area (TPSA) is 68.5 Å². The van der Waals surface area contributed by atoms with Crippen LogP contribution in [0.1, 0.15) is 17.4 Å². The first kappa shape index (κ1) is 17.2. The number of fused-ring (bicyclic) bond motifs is 1. The molecule has 6 heteroatoms. The molecule has 5 nitrogen and oxygen atoms in total. The number of amides is 1. The molecule has 0 aliphatic rings. The first-order valence-electron chi connectivity index (χ1n) is 8.14. The van der Waals surface area contributed by atoms with E-state index in [0.717, 1.165) is 23.8 Å². The van der Waals surface area contributed by atoms with Crippen LogP contribution in [-0.2, 0) is 17.6 Å². The summed E-state index contributed by atoms with van der Waals surface area (Å²) < 4.78 is 10.7. The minimum absolute atomic E-state index is 0.0757. The second kappa shape index (κ2) is 7.98. The van der Waals surface area contributed by atoms with Crippen LogP contribution < -0.4 is 15.7 Å². The fraction of sp³-hybridized carbons (Fsp3) is 0.263. The monoisotopic (exact) mass is 357 g/mol. The summed E-state index contributed by atoms with van der Waals surface area (Å²) in [6, 6.07) is 10.8. The van der Waals surface area contributed by atoms with Crippen molar-refractivity contribution in [3.63, 3.8) is 0 Å². The van der Waals surface area contributed by atoms with Gasteiger partial charge in [-0.25, -0.2) is 4.79 Å². The van der Waals surface area contributed by atoms with E-state index in [2.05, 4.69) is 5.32 Å². The number of thiophene rings is 1. The molecule has 0 bridgehead atoms. The zero-order valence-electron chi connectivity index (χ0n) is 13.9. The van der Waals surface area contributed by atoms with Crippen molar-refractivity contribution in [1.82, 2.24) is 5.32 Å². The van der Waals surface area contributed by atoms with Gasteiger partial charge in [-0.15, -0.1) is 11.3 Å². The standard InChI is InChI=1S/C19H19NO4S/c1-2-13-10-19(22)24-17-11-14(5-6-16(13)17)23-12-18(21)20-8-7-15-4-3-9-25-15/h3-6,9-11H,2,7-8,12H2,1H3,(H,20,21). The number of aryl methyl sites for hydroxylation is 1. The Hall–Kier alpha value is -2.60. The van der Waals surface area contributed by atoms with E-state index in [1.165, 1.54) is 10.9 Å². The fourth-order valence-electron chi connectivity index (χ4n) is 2.57. The third-order valence-electron chi connectivity index (χ3n) is 3.83. The van der Waals surface area contributed by atoms with Crippen LogP contribution in [0.15, 0.2) is 51.0 Å². The van der Waals surface area contributed by atoms with E-state index in [0.29, 0.717) is 17.9 Å². The highest BCUT2D eigenvalue weighted by Crippen LogP contribution is 2.23. The van der Waals surface area contributed by atoms with E-state index in [1.54, 1.807) is 23.5 Å². The number of carbonyl (C=O) groups is 1. The van der Waals surface area contributed by atoms with Gasteiger partial charge in [0.15, 0.2) is 6.61 Å². The van der Waals surface area contributed by atoms with Crippen molar-refractivity contribution in [1.29, 1.82) is 0 Å². The smallest absolute Gasteiger partial charge is 0.336 e. The molecule has 0 spiro atoms. The quantitative estimate of drug-likeness (QED) is 0.660. The van der Waals surface area contributed by atoms with Gasteiger partial charge in [-0.1, -0.05) is 13.0 Å². The predicted octanol–water partition coefficient (Wildman–Crippen LogP) is 3.15. The molecular formula is C19H19NO4S. The Balaban J connectivity index is 1.57. The molecule has 0 atom stereocenters. The Morgan fingerprint density at radius 3 is 2.92 bits per heavy atom. The Labute approximate surface area is 149 Å². The second-order valence-electron chi connectivity index (χ2n) is 5.57. The molecule has 0 unspecified atom stereocenters. The summed E-state index contributed by atoms with van der Waals surface area (Å²) >= 11 is 1.67. The summed E-state index contributed by atoms with van der Waals surface area (Å²) in [5.41, 5.74) is 1.02. The van der Waals surface area contributed by atoms with Gasteiger partial charge in [0.25, 0.3) is 5.91 Å². The van der Waals surface area contributed by atoms with E-state index in [-0.39, 0.29) is 18.1 Å². The van der Waals surface area contributed by atoms with Crippen molar-refractivity contribution < 1.29 is 13.9 Å². The zero-order chi connectivity index (χ0) is 17.6. The molecule has 1 amide bonds. The highest BCUT2D eigenvalue weighted by Gasteiger charge is 2.07. The highest BCUT2D eigenvalue weighted by atomic mass is 32.1. The third kappa shape index (κ3) is 4.48. The second-order valence-corrected chi connectivity index (χ2v) is 6.60. The molecule has 1 N–H and O–H groups in total. The summed E-state index contributed by atoms with van der Waals surface area (Å²) in [6.07, 6.45) is 1.55. The lowest BCUT2D eigenvalue weighted by Gasteiger charge is -2.08. The van der Waals surface area contributed by atoms with Crippen LogP contribution in [-0.4, -0.2) is 19.1 Å². The Morgan fingerprint density at radius 2 is 2.16 bits per heavy atom. The van der Waals surface area contributed by atoms with Gasteiger partial charge in [0.2, 0.25) is 0 Å². The van der Waals surface area contributed by atoms with E-state index in [1.807, 2.05) is 30.5 Å². The maximum absolute atomic E-state index is 11.9. The van der Waals surface area contributed by atoms with Crippen LogP contribution in [0.4, 0.5) is 0 Å². The van der Waals surface area contributed by atoms with E-state index < -0.39 is 0 Å². The fourth-order valence-corrected chi connectivity index (χ4v) is 3.28. The number of hydrogen-bond acceptors (Lipinski definition) is 5. The van der Waals surface area contributed by atoms with Gasteiger partial charge in [-0.05, 0) is 42.0 Å². The lowest BCUT2D eigenvalue weighted by molar-refractivity contribution is -0.123. The van der Waals surface area contributed by atoms with Gasteiger partial charge in [0.1, 0.15) is 11.3 Å². The number of ether oxygens (including phenoxy) is 1. The minimum atomic E-state index is -0.382. The van der Waals surface area contributed by atoms with E-state index in [9.17, 15) is 9.59 Å². The third-order valence-corrected chi connectivity index (χ3v) is 4.76. The van der Waals surface area contributed by atoms with Crippen LogP contribution in [0, 0.1) is 0 Å². The molecule has 3 aromatic rings. The van der Waals surface area contributed by atoms with Gasteiger partial charge in [-0.3, -0.25) is 4.79 Å². The molecule has 0 aliphatic heterocycles. The SMILES string of the molecule is CCc1cc(=O)oc2cc(OCC(=O)NCCc3cccs3)ccc12. The van der Waals surface area contributed by atoms with E-state index >= 15 is 0 Å². The number of benzene rings is 1. The molecule has 1 aromatic carbocycles. The summed E-state index contributed by atoms with van der Waals surface area (Å²) in [5.74, 6) is 0.317. The summed E-state index contributed by atoms with van der Waals surface area (Å²) in [5, 5.41) is 5.73.